The van der Waals surface area contributed by atoms with Gasteiger partial charge in [0.05, 0.1) is 0 Å². The molecule has 2 nitrogen and oxygen atoms in total. The number of fused-ring (bicyclic) bond motifs is 1. The zero-order chi connectivity index (χ0) is 13.0. The van der Waals surface area contributed by atoms with E-state index in [2.05, 4.69) is 45.1 Å². The fourth-order valence-corrected chi connectivity index (χ4v) is 4.08. The molecule has 0 aromatic carbocycles. The molecular weight excluding hydrogens is 255 g/mol. The summed E-state index contributed by atoms with van der Waals surface area (Å²) in [7, 11) is 4.30. The Balaban J connectivity index is 2.08. The summed E-state index contributed by atoms with van der Waals surface area (Å²) in [6, 6.07) is 1.03. The van der Waals surface area contributed by atoms with Crippen LogP contribution < -0.4 is 5.32 Å². The molecule has 0 spiro atoms. The minimum atomic E-state index is -0.456. The summed E-state index contributed by atoms with van der Waals surface area (Å²) in [4.78, 5) is 2.31. The zero-order valence-corrected chi connectivity index (χ0v) is 12.9. The summed E-state index contributed by atoms with van der Waals surface area (Å²) in [6.45, 7) is 6.65. The highest BCUT2D eigenvalue weighted by Crippen LogP contribution is 2.65. The maximum Gasteiger partial charge on any atom is 0.124 e. The molecule has 100 valence electrons. The SMILES string of the molecule is CN(C)[C@@H]1CC2C(C[C@H]1NC(C)(C)C)C2(Cl)Cl. The number of rotatable bonds is 2. The average Bonchev–Trinajstić information content (AvgIpc) is 2.64. The second-order valence-electron chi connectivity index (χ2n) is 6.89. The largest absolute Gasteiger partial charge is 0.308 e. The second kappa shape index (κ2) is 4.26. The minimum Gasteiger partial charge on any atom is -0.308 e. The number of nitrogens with zero attached hydrogens (tertiary/aromatic N) is 1. The lowest BCUT2D eigenvalue weighted by molar-refractivity contribution is 0.150. The molecule has 0 amide bonds. The molecule has 0 bridgehead atoms. The molecule has 0 heterocycles. The Morgan fingerprint density at radius 2 is 1.65 bits per heavy atom. The first-order chi connectivity index (χ1) is 7.63. The molecule has 0 aromatic heterocycles. The van der Waals surface area contributed by atoms with Crippen molar-refractivity contribution in [1.29, 1.82) is 0 Å². The quantitative estimate of drug-likeness (QED) is 0.782. The van der Waals surface area contributed by atoms with E-state index in [9.17, 15) is 0 Å². The third kappa shape index (κ3) is 2.75. The lowest BCUT2D eigenvalue weighted by Crippen LogP contribution is -2.55. The number of hydrogen-bond donors (Lipinski definition) is 1. The van der Waals surface area contributed by atoms with Crippen molar-refractivity contribution >= 4 is 23.2 Å². The van der Waals surface area contributed by atoms with E-state index in [4.69, 9.17) is 23.2 Å². The Bertz CT molecular complexity index is 296. The van der Waals surface area contributed by atoms with Crippen molar-refractivity contribution in [2.75, 3.05) is 14.1 Å². The topological polar surface area (TPSA) is 15.3 Å². The van der Waals surface area contributed by atoms with Crippen LogP contribution >= 0.6 is 23.2 Å². The molecule has 17 heavy (non-hydrogen) atoms. The van der Waals surface area contributed by atoms with Gasteiger partial charge in [0.1, 0.15) is 4.33 Å². The summed E-state index contributed by atoms with van der Waals surface area (Å²) in [5.74, 6) is 0.984. The van der Waals surface area contributed by atoms with Crippen LogP contribution in [0, 0.1) is 11.8 Å². The van der Waals surface area contributed by atoms with E-state index in [-0.39, 0.29) is 5.54 Å². The van der Waals surface area contributed by atoms with Crippen molar-refractivity contribution in [2.45, 2.75) is 55.6 Å². The van der Waals surface area contributed by atoms with E-state index < -0.39 is 4.33 Å². The normalized spacial score (nSPS) is 40.2. The zero-order valence-electron chi connectivity index (χ0n) is 11.4. The number of likely N-dealkylation sites (N-methyl/N-ethyl adjacent to an activating group) is 1. The maximum atomic E-state index is 6.34. The highest BCUT2D eigenvalue weighted by atomic mass is 35.5. The molecule has 1 N–H and O–H groups in total. The molecule has 4 heteroatoms. The first kappa shape index (κ1) is 13.9. The van der Waals surface area contributed by atoms with Crippen molar-refractivity contribution in [2.24, 2.45) is 11.8 Å². The Kier molecular flexibility index (Phi) is 3.49. The van der Waals surface area contributed by atoms with Gasteiger partial charge in [0.2, 0.25) is 0 Å². The Labute approximate surface area is 115 Å². The van der Waals surface area contributed by atoms with Crippen LogP contribution in [0.3, 0.4) is 0 Å². The van der Waals surface area contributed by atoms with Crippen molar-refractivity contribution < 1.29 is 0 Å². The van der Waals surface area contributed by atoms with Crippen LogP contribution in [-0.2, 0) is 0 Å². The molecular formula is C13H24Cl2N2. The molecule has 2 fully saturated rings. The van der Waals surface area contributed by atoms with Crippen LogP contribution in [0.1, 0.15) is 33.6 Å². The van der Waals surface area contributed by atoms with Gasteiger partial charge in [-0.15, -0.1) is 23.2 Å². The van der Waals surface area contributed by atoms with Gasteiger partial charge in [-0.2, -0.15) is 0 Å². The monoisotopic (exact) mass is 278 g/mol. The summed E-state index contributed by atoms with van der Waals surface area (Å²) < 4.78 is -0.456. The van der Waals surface area contributed by atoms with Crippen LogP contribution in [0.25, 0.3) is 0 Å². The summed E-state index contributed by atoms with van der Waals surface area (Å²) >= 11 is 12.7. The third-order valence-corrected chi connectivity index (χ3v) is 5.24. The Morgan fingerprint density at radius 1 is 1.12 bits per heavy atom. The average molecular weight is 279 g/mol. The van der Waals surface area contributed by atoms with E-state index in [1.54, 1.807) is 0 Å². The second-order valence-corrected chi connectivity index (χ2v) is 8.34. The smallest absolute Gasteiger partial charge is 0.124 e. The van der Waals surface area contributed by atoms with E-state index in [0.717, 1.165) is 12.8 Å². The van der Waals surface area contributed by atoms with Crippen LogP contribution in [-0.4, -0.2) is 41.0 Å². The van der Waals surface area contributed by atoms with E-state index in [0.29, 0.717) is 23.9 Å². The van der Waals surface area contributed by atoms with Gasteiger partial charge in [-0.1, -0.05) is 0 Å². The molecule has 0 aliphatic heterocycles. The van der Waals surface area contributed by atoms with Gasteiger partial charge in [-0.25, -0.2) is 0 Å². The van der Waals surface area contributed by atoms with Crippen LogP contribution in [0.5, 0.6) is 0 Å². The van der Waals surface area contributed by atoms with Gasteiger partial charge in [0.15, 0.2) is 0 Å². The molecule has 4 atom stereocenters. The summed E-state index contributed by atoms with van der Waals surface area (Å²) in [6.07, 6.45) is 2.20. The Morgan fingerprint density at radius 3 is 2.12 bits per heavy atom. The third-order valence-electron chi connectivity index (χ3n) is 4.11. The van der Waals surface area contributed by atoms with Crippen molar-refractivity contribution in [1.82, 2.24) is 10.2 Å². The fraction of sp³-hybridized carbons (Fsp3) is 1.00. The van der Waals surface area contributed by atoms with Gasteiger partial charge in [-0.05, 0) is 59.5 Å². The molecule has 2 rings (SSSR count). The van der Waals surface area contributed by atoms with Gasteiger partial charge in [-0.3, -0.25) is 0 Å². The minimum absolute atomic E-state index is 0.141. The highest BCUT2D eigenvalue weighted by molar-refractivity contribution is 6.51. The highest BCUT2D eigenvalue weighted by Gasteiger charge is 2.66. The molecule has 2 saturated carbocycles. The molecule has 2 aliphatic carbocycles. The van der Waals surface area contributed by atoms with Gasteiger partial charge >= 0.3 is 0 Å². The van der Waals surface area contributed by atoms with Crippen LogP contribution in [0.15, 0.2) is 0 Å². The number of halogens is 2. The van der Waals surface area contributed by atoms with E-state index >= 15 is 0 Å². The van der Waals surface area contributed by atoms with Crippen molar-refractivity contribution in [3.8, 4) is 0 Å². The standard InChI is InChI=1S/C13H24Cl2N2/c1-12(2,3)16-10-6-8-9(13(8,14)15)7-11(10)17(4)5/h8-11,16H,6-7H2,1-5H3/t8?,9?,10-,11-/m1/s1. The van der Waals surface area contributed by atoms with Gasteiger partial charge in [0.25, 0.3) is 0 Å². The maximum absolute atomic E-state index is 6.34. The predicted molar refractivity (Wildman–Crippen MR) is 74.8 cm³/mol. The molecule has 0 aromatic rings. The molecule has 2 aliphatic rings. The molecule has 2 unspecified atom stereocenters. The van der Waals surface area contributed by atoms with Gasteiger partial charge < -0.3 is 10.2 Å². The Hall–Kier alpha value is 0.500. The van der Waals surface area contributed by atoms with E-state index in [1.165, 1.54) is 0 Å². The lowest BCUT2D eigenvalue weighted by atomic mass is 9.88. The number of nitrogens with one attached hydrogen (secondary N) is 1. The van der Waals surface area contributed by atoms with Gasteiger partial charge in [0, 0.05) is 17.6 Å². The first-order valence-electron chi connectivity index (χ1n) is 6.45. The summed E-state index contributed by atoms with van der Waals surface area (Å²) in [5, 5.41) is 3.73. The van der Waals surface area contributed by atoms with Crippen molar-refractivity contribution in [3.63, 3.8) is 0 Å². The van der Waals surface area contributed by atoms with Crippen LogP contribution in [0.4, 0.5) is 0 Å². The number of alkyl halides is 2. The molecule has 0 saturated heterocycles. The number of hydrogen-bond acceptors (Lipinski definition) is 2. The predicted octanol–water partition coefficient (Wildman–Crippen LogP) is 2.89. The fourth-order valence-electron chi connectivity index (χ4n) is 3.24. The van der Waals surface area contributed by atoms with Crippen LogP contribution in [0.2, 0.25) is 0 Å². The van der Waals surface area contributed by atoms with E-state index in [1.807, 2.05) is 0 Å². The first-order valence-corrected chi connectivity index (χ1v) is 7.20. The molecule has 0 radical (unpaired) electrons. The van der Waals surface area contributed by atoms with Crippen molar-refractivity contribution in [3.05, 3.63) is 0 Å². The lowest BCUT2D eigenvalue weighted by Gasteiger charge is -2.40. The summed E-state index contributed by atoms with van der Waals surface area (Å²) in [5.41, 5.74) is 0.141.